The van der Waals surface area contributed by atoms with E-state index in [1.807, 2.05) is 6.92 Å². The Balaban J connectivity index is 1.57. The predicted octanol–water partition coefficient (Wildman–Crippen LogP) is 3.30. The summed E-state index contributed by atoms with van der Waals surface area (Å²) in [5, 5.41) is 31.1. The molecule has 2 aliphatic rings. The zero-order valence-electron chi connectivity index (χ0n) is 19.1. The topological polar surface area (TPSA) is 148 Å². The first-order chi connectivity index (χ1) is 17.3. The van der Waals surface area contributed by atoms with Crippen molar-refractivity contribution >= 4 is 22.8 Å². The summed E-state index contributed by atoms with van der Waals surface area (Å²) in [6.07, 6.45) is 1.75. The van der Waals surface area contributed by atoms with Gasteiger partial charge in [0.05, 0.1) is 17.8 Å². The van der Waals surface area contributed by atoms with Gasteiger partial charge in [-0.15, -0.1) is 5.10 Å². The molecule has 1 aliphatic heterocycles. The maximum absolute atomic E-state index is 12.7. The molecule has 0 fully saturated rings. The van der Waals surface area contributed by atoms with Crippen LogP contribution in [0.4, 0.5) is 0 Å². The number of carboxylic acids is 1. The molecule has 10 nitrogen and oxygen atoms in total. The number of aromatic nitrogens is 3. The summed E-state index contributed by atoms with van der Waals surface area (Å²) in [6, 6.07) is 13.1. The van der Waals surface area contributed by atoms with E-state index in [0.29, 0.717) is 28.6 Å². The Hall–Kier alpha value is -4.99. The lowest BCUT2D eigenvalue weighted by atomic mass is 9.90. The van der Waals surface area contributed by atoms with Crippen LogP contribution in [-0.4, -0.2) is 43.6 Å². The highest BCUT2D eigenvalue weighted by atomic mass is 16.4. The first-order valence-electron chi connectivity index (χ1n) is 11.0. The van der Waals surface area contributed by atoms with Gasteiger partial charge in [0.1, 0.15) is 17.1 Å². The quantitative estimate of drug-likeness (QED) is 0.311. The molecule has 0 radical (unpaired) electrons. The minimum absolute atomic E-state index is 0.0404. The van der Waals surface area contributed by atoms with Crippen molar-refractivity contribution in [3.05, 3.63) is 87.8 Å². The number of aromatic hydroxyl groups is 1. The van der Waals surface area contributed by atoms with Gasteiger partial charge >= 0.3 is 5.97 Å². The van der Waals surface area contributed by atoms with Crippen LogP contribution in [0.15, 0.2) is 70.0 Å². The number of phenolic OH excluding ortho intramolecular Hbond substituents is 1. The minimum atomic E-state index is -1.22. The van der Waals surface area contributed by atoms with Gasteiger partial charge in [-0.1, -0.05) is 11.3 Å². The van der Waals surface area contributed by atoms with Gasteiger partial charge < -0.3 is 19.9 Å². The lowest BCUT2D eigenvalue weighted by molar-refractivity contribution is 0.0697. The van der Waals surface area contributed by atoms with Crippen molar-refractivity contribution < 1.29 is 24.2 Å². The van der Waals surface area contributed by atoms with E-state index in [2.05, 4.69) is 15.6 Å². The van der Waals surface area contributed by atoms with Gasteiger partial charge in [-0.3, -0.25) is 14.3 Å². The third-order valence-electron chi connectivity index (χ3n) is 5.74. The molecule has 3 aromatic rings. The zero-order chi connectivity index (χ0) is 25.4. The molecule has 0 bridgehead atoms. The Morgan fingerprint density at radius 3 is 2.61 bits per heavy atom. The van der Waals surface area contributed by atoms with Crippen molar-refractivity contribution in [2.24, 2.45) is 0 Å². The highest BCUT2D eigenvalue weighted by Crippen LogP contribution is 2.42. The maximum Gasteiger partial charge on any atom is 0.336 e. The number of carbonyl (C=O) groups is 2. The summed E-state index contributed by atoms with van der Waals surface area (Å²) in [5.74, 6) is -1.45. The highest BCUT2D eigenvalue weighted by molar-refractivity contribution is 6.09. The summed E-state index contributed by atoms with van der Waals surface area (Å²) >= 11 is 0. The number of hydrogen-bond donors (Lipinski definition) is 3. The van der Waals surface area contributed by atoms with E-state index >= 15 is 0 Å². The molecular weight excluding hydrogens is 464 g/mol. The lowest BCUT2D eigenvalue weighted by Gasteiger charge is -2.17. The number of carbonyl (C=O) groups excluding carboxylic acids is 1. The fourth-order valence-corrected chi connectivity index (χ4v) is 4.12. The van der Waals surface area contributed by atoms with Crippen LogP contribution in [0.1, 0.15) is 26.4 Å². The molecule has 3 N–H and O–H groups in total. The summed E-state index contributed by atoms with van der Waals surface area (Å²) in [5.41, 5.74) is 2.23. The number of nitrogens with one attached hydrogen (secondary N) is 1. The molecule has 1 amide bonds. The van der Waals surface area contributed by atoms with E-state index in [1.165, 1.54) is 30.3 Å². The number of aryl methyl sites for hydroxylation is 1. The molecule has 5 rings (SSSR count). The van der Waals surface area contributed by atoms with Gasteiger partial charge in [0.15, 0.2) is 5.43 Å². The number of nitrogens with zero attached hydrogens (tertiary/aromatic N) is 3. The molecule has 36 heavy (non-hydrogen) atoms. The lowest BCUT2D eigenvalue weighted by Crippen LogP contribution is -2.27. The van der Waals surface area contributed by atoms with Crippen LogP contribution >= 0.6 is 0 Å². The van der Waals surface area contributed by atoms with Gasteiger partial charge in [0.2, 0.25) is 0 Å². The van der Waals surface area contributed by atoms with E-state index in [1.54, 1.807) is 35.1 Å². The van der Waals surface area contributed by atoms with E-state index in [4.69, 9.17) is 4.42 Å². The number of hydrogen-bond acceptors (Lipinski definition) is 7. The standard InChI is InChI=1S/C26H20N4O6/c1-14-13-30(29-28-14)9-8-27-25(33)15-2-5-18(21(10-15)26(34)35)24-19-6-3-16(31)11-22(19)36-23-12-17(32)4-7-20(23)24/h2-7,10-13,31H,8-9H2,1H3,(H,27,33)(H,34,35). The molecule has 1 aromatic heterocycles. The smallest absolute Gasteiger partial charge is 0.336 e. The molecule has 180 valence electrons. The fourth-order valence-electron chi connectivity index (χ4n) is 4.12. The van der Waals surface area contributed by atoms with Gasteiger partial charge in [-0.05, 0) is 48.9 Å². The van der Waals surface area contributed by atoms with Crippen molar-refractivity contribution in [2.75, 3.05) is 6.54 Å². The van der Waals surface area contributed by atoms with Crippen LogP contribution in [0.25, 0.3) is 33.4 Å². The van der Waals surface area contributed by atoms with Gasteiger partial charge in [0, 0.05) is 47.0 Å². The van der Waals surface area contributed by atoms with Crippen LogP contribution in [0.5, 0.6) is 5.75 Å². The SMILES string of the molecule is Cc1cn(CCNC(=O)c2ccc(-c3c4ccc(=O)cc-4oc4cc(O)ccc34)c(C(=O)O)c2)nn1. The second kappa shape index (κ2) is 8.99. The summed E-state index contributed by atoms with van der Waals surface area (Å²) in [7, 11) is 0. The second-order valence-corrected chi connectivity index (χ2v) is 8.26. The predicted molar refractivity (Wildman–Crippen MR) is 130 cm³/mol. The van der Waals surface area contributed by atoms with Gasteiger partial charge in [-0.2, -0.15) is 0 Å². The van der Waals surface area contributed by atoms with Gasteiger partial charge in [-0.25, -0.2) is 4.79 Å². The number of aromatic carboxylic acids is 1. The highest BCUT2D eigenvalue weighted by Gasteiger charge is 2.23. The number of fused-ring (bicyclic) bond motifs is 2. The van der Waals surface area contributed by atoms with Gasteiger partial charge in [0.25, 0.3) is 5.91 Å². The Morgan fingerprint density at radius 2 is 1.86 bits per heavy atom. The Labute approximate surface area is 203 Å². The summed E-state index contributed by atoms with van der Waals surface area (Å²) in [6.45, 7) is 2.51. The number of benzene rings is 3. The van der Waals surface area contributed by atoms with Crippen LogP contribution in [0.3, 0.4) is 0 Å². The van der Waals surface area contributed by atoms with E-state index in [0.717, 1.165) is 5.69 Å². The first-order valence-corrected chi connectivity index (χ1v) is 11.0. The summed E-state index contributed by atoms with van der Waals surface area (Å²) < 4.78 is 7.43. The normalized spacial score (nSPS) is 11.1. The molecule has 0 atom stereocenters. The number of carboxylic acid groups (broad SMARTS) is 1. The van der Waals surface area contributed by atoms with E-state index in [9.17, 15) is 24.6 Å². The minimum Gasteiger partial charge on any atom is -0.508 e. The maximum atomic E-state index is 12.7. The molecule has 10 heteroatoms. The number of rotatable bonds is 6. The van der Waals surface area contributed by atoms with Crippen molar-refractivity contribution in [2.45, 2.75) is 13.5 Å². The molecule has 0 saturated carbocycles. The summed E-state index contributed by atoms with van der Waals surface area (Å²) in [4.78, 5) is 37.0. The van der Waals surface area contributed by atoms with E-state index in [-0.39, 0.29) is 40.2 Å². The van der Waals surface area contributed by atoms with Crippen LogP contribution in [0, 0.1) is 6.92 Å². The van der Waals surface area contributed by atoms with Crippen LogP contribution in [-0.2, 0) is 6.54 Å². The molecule has 0 saturated heterocycles. The molecule has 1 aliphatic carbocycles. The molecular formula is C26H20N4O6. The van der Waals surface area contributed by atoms with Crippen LogP contribution in [0.2, 0.25) is 0 Å². The largest absolute Gasteiger partial charge is 0.508 e. The van der Waals surface area contributed by atoms with Crippen molar-refractivity contribution in [1.82, 2.24) is 20.3 Å². The fraction of sp³-hybridized carbons (Fsp3) is 0.115. The third kappa shape index (κ3) is 4.27. The Morgan fingerprint density at radius 1 is 1.06 bits per heavy atom. The average molecular weight is 484 g/mol. The second-order valence-electron chi connectivity index (χ2n) is 8.26. The van der Waals surface area contributed by atoms with Crippen molar-refractivity contribution in [1.29, 1.82) is 0 Å². The molecule has 2 aromatic carbocycles. The Bertz CT molecular complexity index is 1670. The zero-order valence-corrected chi connectivity index (χ0v) is 19.1. The third-order valence-corrected chi connectivity index (χ3v) is 5.74. The Kier molecular flexibility index (Phi) is 5.69. The first kappa shape index (κ1) is 22.8. The number of amides is 1. The van der Waals surface area contributed by atoms with Crippen LogP contribution < -0.4 is 10.7 Å². The average Bonchev–Trinajstić information content (AvgIpc) is 3.26. The number of phenols is 1. The molecule has 0 unspecified atom stereocenters. The van der Waals surface area contributed by atoms with Crippen molar-refractivity contribution in [3.8, 4) is 28.2 Å². The van der Waals surface area contributed by atoms with Crippen molar-refractivity contribution in [3.63, 3.8) is 0 Å². The molecule has 2 heterocycles. The van der Waals surface area contributed by atoms with E-state index < -0.39 is 11.9 Å². The molecule has 0 spiro atoms. The monoisotopic (exact) mass is 484 g/mol.